The van der Waals surface area contributed by atoms with E-state index in [0.717, 1.165) is 35.7 Å². The molecule has 0 radical (unpaired) electrons. The predicted molar refractivity (Wildman–Crippen MR) is 248 cm³/mol. The first kappa shape index (κ1) is 45.9. The number of aromatic amines is 1. The molecule has 10 aliphatic rings. The van der Waals surface area contributed by atoms with Gasteiger partial charge in [0.25, 0.3) is 0 Å². The molecular formula is C54H71N3O11. The van der Waals surface area contributed by atoms with Crippen molar-refractivity contribution in [3.63, 3.8) is 0 Å². The molecule has 12 rings (SSSR count). The number of aliphatic hydroxyl groups excluding tert-OH is 2. The number of piperidine rings is 1. The third kappa shape index (κ3) is 5.77. The van der Waals surface area contributed by atoms with E-state index in [9.17, 15) is 30.6 Å². The highest BCUT2D eigenvalue weighted by atomic mass is 16.6. The van der Waals surface area contributed by atoms with Crippen LogP contribution in [0.2, 0.25) is 0 Å². The van der Waals surface area contributed by atoms with Crippen molar-refractivity contribution in [2.45, 2.75) is 164 Å². The van der Waals surface area contributed by atoms with Crippen LogP contribution in [0.25, 0.3) is 10.9 Å². The van der Waals surface area contributed by atoms with Crippen molar-refractivity contribution in [3.8, 4) is 11.8 Å². The summed E-state index contributed by atoms with van der Waals surface area (Å²) in [4.78, 5) is 35.6. The van der Waals surface area contributed by atoms with Crippen molar-refractivity contribution < 1.29 is 54.4 Å². The van der Waals surface area contributed by atoms with Gasteiger partial charge in [-0.3, -0.25) is 14.9 Å². The second-order valence-electron chi connectivity index (χ2n) is 23.8. The van der Waals surface area contributed by atoms with Gasteiger partial charge in [-0.1, -0.05) is 31.9 Å². The summed E-state index contributed by atoms with van der Waals surface area (Å²) >= 11 is 0. The normalized spacial score (nSPS) is 48.6. The Morgan fingerprint density at radius 3 is 2.59 bits per heavy atom. The van der Waals surface area contributed by atoms with E-state index < -0.39 is 93.4 Å². The lowest BCUT2D eigenvalue weighted by molar-refractivity contribution is -0.345. The molecule has 7 bridgehead atoms. The number of rotatable bonds is 7. The fourth-order valence-electron chi connectivity index (χ4n) is 17.8. The molecule has 68 heavy (non-hydrogen) atoms. The zero-order valence-electron chi connectivity index (χ0n) is 40.0. The van der Waals surface area contributed by atoms with Gasteiger partial charge in [0.2, 0.25) is 11.7 Å². The molecule has 7 fully saturated rings. The first-order valence-corrected chi connectivity index (χ1v) is 25.8. The number of aliphatic hydroxyl groups is 6. The van der Waals surface area contributed by atoms with E-state index in [-0.39, 0.29) is 42.1 Å². The van der Waals surface area contributed by atoms with Gasteiger partial charge < -0.3 is 54.7 Å². The molecule has 4 saturated carbocycles. The summed E-state index contributed by atoms with van der Waals surface area (Å²) in [6, 6.07) is 7.20. The van der Waals surface area contributed by atoms with Gasteiger partial charge in [0.05, 0.1) is 29.2 Å². The van der Waals surface area contributed by atoms with Crippen LogP contribution in [0.4, 0.5) is 0 Å². The minimum atomic E-state index is -3.01. The van der Waals surface area contributed by atoms with Crippen LogP contribution in [0, 0.1) is 63.1 Å². The lowest BCUT2D eigenvalue weighted by atomic mass is 9.37. The predicted octanol–water partition coefficient (Wildman–Crippen LogP) is 3.81. The summed E-state index contributed by atoms with van der Waals surface area (Å²) in [6.45, 7) is 6.64. The Labute approximate surface area is 398 Å². The lowest BCUT2D eigenvalue weighted by Gasteiger charge is -2.67. The molecule has 6 aliphatic carbocycles. The number of ether oxygens (including phenoxy) is 3. The summed E-state index contributed by atoms with van der Waals surface area (Å²) in [5.41, 5.74) is -4.06. The second-order valence-corrected chi connectivity index (χ2v) is 23.8. The molecule has 3 saturated heterocycles. The van der Waals surface area contributed by atoms with Gasteiger partial charge in [-0.25, -0.2) is 0 Å². The van der Waals surface area contributed by atoms with Crippen molar-refractivity contribution in [1.29, 1.82) is 0 Å². The fourth-order valence-corrected chi connectivity index (χ4v) is 17.8. The number of carbonyl (C=O) groups excluding carboxylic acids is 2. The number of allylic oxidation sites excluding steroid dienone is 1. The number of H-pyrrole nitrogens is 1. The number of nitrogens with one attached hydrogen (secondary N) is 2. The van der Waals surface area contributed by atoms with Gasteiger partial charge in [-0.05, 0) is 130 Å². The highest BCUT2D eigenvalue weighted by Crippen LogP contribution is 2.77. The average molecular weight is 938 g/mol. The zero-order valence-corrected chi connectivity index (χ0v) is 40.0. The van der Waals surface area contributed by atoms with Crippen molar-refractivity contribution in [2.75, 3.05) is 33.5 Å². The molecule has 18 unspecified atom stereocenters. The molecule has 4 aliphatic heterocycles. The van der Waals surface area contributed by atoms with Crippen LogP contribution in [-0.2, 0) is 23.8 Å². The monoisotopic (exact) mass is 938 g/mol. The van der Waals surface area contributed by atoms with Gasteiger partial charge in [0.1, 0.15) is 24.0 Å². The van der Waals surface area contributed by atoms with E-state index in [1.54, 1.807) is 7.11 Å². The Bertz CT molecular complexity index is 2510. The summed E-state index contributed by atoms with van der Waals surface area (Å²) in [5.74, 6) is 0.976. The van der Waals surface area contributed by atoms with Crippen molar-refractivity contribution in [3.05, 3.63) is 47.2 Å². The van der Waals surface area contributed by atoms with Crippen LogP contribution in [0.1, 0.15) is 116 Å². The Morgan fingerprint density at radius 2 is 1.79 bits per heavy atom. The number of Topliss-reactive ketones (excluding diaryl/α,β-unsaturated/α-hetero) is 1. The number of aromatic nitrogens is 1. The van der Waals surface area contributed by atoms with Crippen molar-refractivity contribution >= 4 is 22.6 Å². The van der Waals surface area contributed by atoms with Crippen LogP contribution in [0.5, 0.6) is 0 Å². The molecule has 14 heteroatoms. The maximum Gasteiger partial charge on any atom is 0.240 e. The van der Waals surface area contributed by atoms with E-state index in [1.165, 1.54) is 6.92 Å². The minimum Gasteiger partial charge on any atom is -0.396 e. The number of fused-ring (bicyclic) bond motifs is 4. The maximum absolute atomic E-state index is 15.2. The fraction of sp³-hybridized carbons (Fsp3) is 0.741. The number of hydrogen-bond acceptors (Lipinski definition) is 12. The third-order valence-corrected chi connectivity index (χ3v) is 21.3. The van der Waals surface area contributed by atoms with Crippen LogP contribution in [-0.4, -0.2) is 139 Å². The largest absolute Gasteiger partial charge is 0.396 e. The lowest BCUT2D eigenvalue weighted by Crippen LogP contribution is -2.71. The van der Waals surface area contributed by atoms with Crippen molar-refractivity contribution in [1.82, 2.24) is 15.2 Å². The molecule has 1 amide bonds. The topological polar surface area (TPSA) is 214 Å². The molecule has 1 aromatic carbocycles. The number of benzene rings is 1. The smallest absolute Gasteiger partial charge is 0.240 e. The van der Waals surface area contributed by atoms with Crippen LogP contribution in [0.3, 0.4) is 0 Å². The zero-order chi connectivity index (χ0) is 47.6. The van der Waals surface area contributed by atoms with Crippen molar-refractivity contribution in [2.24, 2.45) is 51.2 Å². The Balaban J connectivity index is 0.993. The molecule has 14 nitrogen and oxygen atoms in total. The molecule has 368 valence electrons. The van der Waals surface area contributed by atoms with Gasteiger partial charge in [0.15, 0.2) is 5.78 Å². The van der Waals surface area contributed by atoms with E-state index >= 15 is 9.59 Å². The minimum absolute atomic E-state index is 0.0139. The van der Waals surface area contributed by atoms with E-state index in [0.29, 0.717) is 88.7 Å². The molecule has 5 heterocycles. The molecular weight excluding hydrogens is 867 g/mol. The third-order valence-electron chi connectivity index (χ3n) is 21.3. The number of amides is 1. The SMILES string of the molecule is COCCCOC1CCC2(C)C(C1)C(=O)C1=C3C24C#CCC2CN2C(=O)C2NC(O)C5OC(C(CO)C5C25CCC(c2cccc6[nH]ccc26)C5)C(O)(O)C(C)(O)C2CC(CC1)C3(O)C2(C)CC4. The summed E-state index contributed by atoms with van der Waals surface area (Å²) in [6.07, 6.45) is 4.79. The Hall–Kier alpha value is -3.20. The standard InChI is InChI=1S/C54H71N3O11/c1-48-17-14-32(67-23-7-22-66-4)25-37(48)41(59)35-12-11-30-24-39-49(2)19-20-52(48,43(35)53(30,49)63)16-6-8-31-27-57(31)47(61)44-51(18-13-29(26-51)33-9-5-10-38-34(33)15-21-55-38)40-36(28-58)45(54(64,65)50(39,3)62)68-42(40)46(60)56-44/h5,9-10,15,21,29-32,36-37,39-40,42,44-46,55-56,58,60,62-65H,7-8,11-14,17-20,22-28H2,1-4H3. The summed E-state index contributed by atoms with van der Waals surface area (Å²) < 4.78 is 18.4. The van der Waals surface area contributed by atoms with Gasteiger partial charge in [-0.15, -0.1) is 5.92 Å². The number of hydrogen-bond donors (Lipinski definition) is 8. The molecule has 18 atom stereocenters. The van der Waals surface area contributed by atoms with Crippen LogP contribution < -0.4 is 5.32 Å². The Kier molecular flexibility index (Phi) is 10.4. The van der Waals surface area contributed by atoms with E-state index in [4.69, 9.17) is 14.2 Å². The van der Waals surface area contributed by atoms with Crippen LogP contribution in [0.15, 0.2) is 41.6 Å². The number of methoxy groups -OCH3 is 1. The van der Waals surface area contributed by atoms with Crippen LogP contribution >= 0.6 is 0 Å². The molecule has 1 aromatic heterocycles. The summed E-state index contributed by atoms with van der Waals surface area (Å²) in [5, 5.41) is 81.2. The molecule has 1 spiro atoms. The second kappa shape index (κ2) is 15.4. The molecule has 2 aromatic rings. The maximum atomic E-state index is 15.2. The van der Waals surface area contributed by atoms with Gasteiger partial charge in [0, 0.05) is 91.5 Å². The highest BCUT2D eigenvalue weighted by Gasteiger charge is 2.80. The number of carbonyl (C=O) groups is 2. The van der Waals surface area contributed by atoms with E-state index in [2.05, 4.69) is 41.2 Å². The Morgan fingerprint density at radius 1 is 0.971 bits per heavy atom. The van der Waals surface area contributed by atoms with Gasteiger partial charge >= 0.3 is 0 Å². The number of nitrogens with zero attached hydrogens (tertiary/aromatic N) is 1. The molecule has 8 N–H and O–H groups in total. The number of ketones is 1. The quantitative estimate of drug-likeness (QED) is 0.0862. The van der Waals surface area contributed by atoms with E-state index in [1.807, 2.05) is 30.2 Å². The first-order chi connectivity index (χ1) is 32.4. The first-order valence-electron chi connectivity index (χ1n) is 25.8. The highest BCUT2D eigenvalue weighted by molar-refractivity contribution is 6.01. The average Bonchev–Trinajstić information content (AvgIpc) is 3.66. The summed E-state index contributed by atoms with van der Waals surface area (Å²) in [7, 11) is 1.67. The van der Waals surface area contributed by atoms with Gasteiger partial charge in [-0.2, -0.15) is 0 Å².